The van der Waals surface area contributed by atoms with E-state index in [2.05, 4.69) is 34.5 Å². The minimum atomic E-state index is -0.313. The summed E-state index contributed by atoms with van der Waals surface area (Å²) in [4.78, 5) is 14.6. The predicted octanol–water partition coefficient (Wildman–Crippen LogP) is 4.66. The SMILES string of the molecule is O=C(CCc1ccc(-c2ccccc2F)o1)NCC1CCN(c2ccccc2)C1. The van der Waals surface area contributed by atoms with Crippen molar-refractivity contribution in [3.63, 3.8) is 0 Å². The van der Waals surface area contributed by atoms with Gasteiger partial charge in [-0.2, -0.15) is 0 Å². The average Bonchev–Trinajstić information content (AvgIpc) is 3.41. The second-order valence-corrected chi connectivity index (χ2v) is 7.49. The van der Waals surface area contributed by atoms with E-state index in [1.807, 2.05) is 12.1 Å². The molecule has 2 aromatic carbocycles. The summed E-state index contributed by atoms with van der Waals surface area (Å²) < 4.78 is 19.6. The molecule has 1 aromatic heterocycles. The van der Waals surface area contributed by atoms with Crippen molar-refractivity contribution in [2.24, 2.45) is 5.92 Å². The van der Waals surface area contributed by atoms with Crippen molar-refractivity contribution in [1.82, 2.24) is 5.32 Å². The van der Waals surface area contributed by atoms with E-state index in [1.54, 1.807) is 24.3 Å². The lowest BCUT2D eigenvalue weighted by Crippen LogP contribution is -2.31. The molecule has 1 aliphatic rings. The lowest BCUT2D eigenvalue weighted by atomic mass is 10.1. The number of furan rings is 1. The minimum Gasteiger partial charge on any atom is -0.461 e. The summed E-state index contributed by atoms with van der Waals surface area (Å²) in [7, 11) is 0. The van der Waals surface area contributed by atoms with Crippen LogP contribution >= 0.6 is 0 Å². The monoisotopic (exact) mass is 392 g/mol. The number of amides is 1. The molecule has 1 fully saturated rings. The van der Waals surface area contributed by atoms with Gasteiger partial charge in [0.1, 0.15) is 17.3 Å². The van der Waals surface area contributed by atoms with Crippen LogP contribution in [0.1, 0.15) is 18.6 Å². The number of nitrogens with zero attached hydrogens (tertiary/aromatic N) is 1. The summed E-state index contributed by atoms with van der Waals surface area (Å²) in [5, 5.41) is 3.05. The predicted molar refractivity (Wildman–Crippen MR) is 112 cm³/mol. The van der Waals surface area contributed by atoms with Crippen molar-refractivity contribution < 1.29 is 13.6 Å². The summed E-state index contributed by atoms with van der Waals surface area (Å²) in [6.45, 7) is 2.69. The molecule has 2 heterocycles. The number of carbonyl (C=O) groups is 1. The molecule has 1 atom stereocenters. The molecule has 29 heavy (non-hydrogen) atoms. The number of aryl methyl sites for hydroxylation is 1. The lowest BCUT2D eigenvalue weighted by molar-refractivity contribution is -0.121. The van der Waals surface area contributed by atoms with Gasteiger partial charge in [-0.25, -0.2) is 4.39 Å². The Bertz CT molecular complexity index is 954. The molecule has 1 amide bonds. The maximum Gasteiger partial charge on any atom is 0.220 e. The highest BCUT2D eigenvalue weighted by Crippen LogP contribution is 2.25. The molecule has 4 nitrogen and oxygen atoms in total. The molecule has 0 bridgehead atoms. The van der Waals surface area contributed by atoms with Crippen LogP contribution in [0.2, 0.25) is 0 Å². The van der Waals surface area contributed by atoms with E-state index in [1.165, 1.54) is 11.8 Å². The number of halogens is 1. The van der Waals surface area contributed by atoms with Crippen LogP contribution in [-0.2, 0) is 11.2 Å². The Balaban J connectivity index is 1.22. The Hall–Kier alpha value is -3.08. The Morgan fingerprint density at radius 1 is 1.07 bits per heavy atom. The summed E-state index contributed by atoms with van der Waals surface area (Å²) in [6, 6.07) is 20.5. The third kappa shape index (κ3) is 4.86. The van der Waals surface area contributed by atoms with Crippen molar-refractivity contribution in [3.8, 4) is 11.3 Å². The van der Waals surface area contributed by atoms with Crippen molar-refractivity contribution in [2.75, 3.05) is 24.5 Å². The van der Waals surface area contributed by atoms with E-state index in [4.69, 9.17) is 4.42 Å². The van der Waals surface area contributed by atoms with Gasteiger partial charge in [0, 0.05) is 38.2 Å². The van der Waals surface area contributed by atoms with Crippen LogP contribution in [0.3, 0.4) is 0 Å². The molecule has 3 aromatic rings. The fraction of sp³-hybridized carbons (Fsp3) is 0.292. The maximum atomic E-state index is 13.9. The number of nitrogens with one attached hydrogen (secondary N) is 1. The Kier molecular flexibility index (Phi) is 5.94. The second-order valence-electron chi connectivity index (χ2n) is 7.49. The number of anilines is 1. The van der Waals surface area contributed by atoms with Gasteiger partial charge < -0.3 is 14.6 Å². The number of carbonyl (C=O) groups excluding carboxylic acids is 1. The summed E-state index contributed by atoms with van der Waals surface area (Å²) in [5.41, 5.74) is 1.68. The average molecular weight is 392 g/mol. The molecular formula is C24H25FN2O2. The first-order chi connectivity index (χ1) is 14.2. The smallest absolute Gasteiger partial charge is 0.220 e. The lowest BCUT2D eigenvalue weighted by Gasteiger charge is -2.18. The first-order valence-corrected chi connectivity index (χ1v) is 10.1. The highest BCUT2D eigenvalue weighted by molar-refractivity contribution is 5.76. The minimum absolute atomic E-state index is 0.0204. The third-order valence-electron chi connectivity index (χ3n) is 5.39. The standard InChI is InChI=1S/C24H25FN2O2/c25-22-9-5-4-8-21(22)23-12-10-20(29-23)11-13-24(28)26-16-18-14-15-27(17-18)19-6-2-1-3-7-19/h1-10,12,18H,11,13-17H2,(H,26,28). The molecular weight excluding hydrogens is 367 g/mol. The van der Waals surface area contributed by atoms with Crippen molar-refractivity contribution >= 4 is 11.6 Å². The van der Waals surface area contributed by atoms with Crippen LogP contribution in [0.4, 0.5) is 10.1 Å². The van der Waals surface area contributed by atoms with Crippen LogP contribution in [0.15, 0.2) is 71.1 Å². The van der Waals surface area contributed by atoms with Gasteiger partial charge in [-0.15, -0.1) is 0 Å². The van der Waals surface area contributed by atoms with E-state index in [-0.39, 0.29) is 11.7 Å². The Morgan fingerprint density at radius 3 is 2.69 bits per heavy atom. The van der Waals surface area contributed by atoms with Gasteiger partial charge in [0.2, 0.25) is 5.91 Å². The first-order valence-electron chi connectivity index (χ1n) is 10.1. The van der Waals surface area contributed by atoms with Gasteiger partial charge in [0.15, 0.2) is 0 Å². The zero-order chi connectivity index (χ0) is 20.1. The molecule has 5 heteroatoms. The number of rotatable bonds is 7. The summed E-state index contributed by atoms with van der Waals surface area (Å²) >= 11 is 0. The molecule has 0 spiro atoms. The molecule has 4 rings (SSSR count). The maximum absolute atomic E-state index is 13.9. The largest absolute Gasteiger partial charge is 0.461 e. The van der Waals surface area contributed by atoms with E-state index >= 15 is 0 Å². The summed E-state index contributed by atoms with van der Waals surface area (Å²) in [5.74, 6) is 1.36. The number of hydrogen-bond donors (Lipinski definition) is 1. The van der Waals surface area contributed by atoms with Gasteiger partial charge in [-0.05, 0) is 48.7 Å². The van der Waals surface area contributed by atoms with Gasteiger partial charge in [-0.1, -0.05) is 30.3 Å². The molecule has 1 aliphatic heterocycles. The van der Waals surface area contributed by atoms with Crippen molar-refractivity contribution in [2.45, 2.75) is 19.3 Å². The molecule has 1 saturated heterocycles. The molecule has 0 radical (unpaired) electrons. The van der Waals surface area contributed by atoms with Gasteiger partial charge in [-0.3, -0.25) is 4.79 Å². The van der Waals surface area contributed by atoms with Crippen LogP contribution < -0.4 is 10.2 Å². The molecule has 150 valence electrons. The fourth-order valence-electron chi connectivity index (χ4n) is 3.77. The van der Waals surface area contributed by atoms with Crippen LogP contribution in [0.25, 0.3) is 11.3 Å². The van der Waals surface area contributed by atoms with Gasteiger partial charge in [0.25, 0.3) is 0 Å². The first kappa shape index (κ1) is 19.2. The second kappa shape index (κ2) is 8.95. The van der Waals surface area contributed by atoms with Crippen molar-refractivity contribution in [3.05, 3.63) is 78.3 Å². The number of para-hydroxylation sites is 1. The molecule has 1 N–H and O–H groups in total. The Labute approximate surface area is 170 Å². The Morgan fingerprint density at radius 2 is 1.86 bits per heavy atom. The van der Waals surface area contributed by atoms with Crippen LogP contribution in [0, 0.1) is 11.7 Å². The highest BCUT2D eigenvalue weighted by Gasteiger charge is 2.23. The number of benzene rings is 2. The van der Waals surface area contributed by atoms with Gasteiger partial charge >= 0.3 is 0 Å². The normalized spacial score (nSPS) is 16.2. The number of hydrogen-bond acceptors (Lipinski definition) is 3. The highest BCUT2D eigenvalue weighted by atomic mass is 19.1. The van der Waals surface area contributed by atoms with E-state index in [0.717, 1.165) is 19.5 Å². The van der Waals surface area contributed by atoms with Crippen LogP contribution in [-0.4, -0.2) is 25.5 Å². The van der Waals surface area contributed by atoms with E-state index in [0.29, 0.717) is 42.4 Å². The third-order valence-corrected chi connectivity index (χ3v) is 5.39. The zero-order valence-corrected chi connectivity index (χ0v) is 16.3. The topological polar surface area (TPSA) is 45.5 Å². The quantitative estimate of drug-likeness (QED) is 0.636. The van der Waals surface area contributed by atoms with Gasteiger partial charge in [0.05, 0.1) is 5.56 Å². The fourth-order valence-corrected chi connectivity index (χ4v) is 3.77. The van der Waals surface area contributed by atoms with Crippen molar-refractivity contribution in [1.29, 1.82) is 0 Å². The molecule has 0 aliphatic carbocycles. The zero-order valence-electron chi connectivity index (χ0n) is 16.3. The molecule has 1 unspecified atom stereocenters. The van der Waals surface area contributed by atoms with E-state index in [9.17, 15) is 9.18 Å². The summed E-state index contributed by atoms with van der Waals surface area (Å²) in [6.07, 6.45) is 1.94. The molecule has 0 saturated carbocycles. The van der Waals surface area contributed by atoms with Crippen LogP contribution in [0.5, 0.6) is 0 Å². The van der Waals surface area contributed by atoms with E-state index < -0.39 is 0 Å².